The molecule has 4 N–H and O–H groups in total. The van der Waals surface area contributed by atoms with Crippen molar-refractivity contribution in [1.29, 1.82) is 0 Å². The molecule has 0 saturated carbocycles. The van der Waals surface area contributed by atoms with Gasteiger partial charge in [-0.1, -0.05) is 6.07 Å². The Morgan fingerprint density at radius 3 is 2.70 bits per heavy atom. The zero-order valence-electron chi connectivity index (χ0n) is 10.8. The van der Waals surface area contributed by atoms with Gasteiger partial charge >= 0.3 is 0 Å². The summed E-state index contributed by atoms with van der Waals surface area (Å²) in [5, 5.41) is 2.58. The van der Waals surface area contributed by atoms with Crippen molar-refractivity contribution in [2.24, 2.45) is 5.73 Å². The molecule has 0 saturated heterocycles. The highest BCUT2D eigenvalue weighted by Gasteiger charge is 2.11. The molecule has 0 fully saturated rings. The van der Waals surface area contributed by atoms with Crippen LogP contribution in [0.5, 0.6) is 5.75 Å². The van der Waals surface area contributed by atoms with Crippen LogP contribution in [-0.2, 0) is 15.7 Å². The third kappa shape index (κ3) is 5.16. The second-order valence-electron chi connectivity index (χ2n) is 3.79. The number of nitrogens with one attached hydrogen (secondary N) is 2. The lowest BCUT2D eigenvalue weighted by molar-refractivity contribution is -0.119. The third-order valence-electron chi connectivity index (χ3n) is 2.24. The summed E-state index contributed by atoms with van der Waals surface area (Å²) in [5.41, 5.74) is 6.64. The first-order valence-corrected chi connectivity index (χ1v) is 7.35. The molecule has 7 nitrogen and oxygen atoms in total. The number of nitrogens with two attached hydrogens (primary N) is 1. The fourth-order valence-corrected chi connectivity index (χ4v) is 2.15. The number of rotatable bonds is 7. The Labute approximate surface area is 120 Å². The first-order chi connectivity index (χ1) is 9.41. The molecule has 9 heteroatoms. The maximum atomic E-state index is 10.8. The van der Waals surface area contributed by atoms with Gasteiger partial charge in [-0.15, -0.1) is 8.86 Å². The Hall–Kier alpha value is -1.63. The molecule has 0 spiro atoms. The summed E-state index contributed by atoms with van der Waals surface area (Å²) in [4.78, 5) is 10.7. The van der Waals surface area contributed by atoms with Gasteiger partial charge in [-0.2, -0.15) is 0 Å². The lowest BCUT2D eigenvalue weighted by Gasteiger charge is -2.14. The fraction of sp³-hybridized carbons (Fsp3) is 0.273. The average Bonchev–Trinajstić information content (AvgIpc) is 2.33. The zero-order chi connectivity index (χ0) is 15.1. The van der Waals surface area contributed by atoms with Crippen LogP contribution in [0.1, 0.15) is 12.5 Å². The van der Waals surface area contributed by atoms with Crippen LogP contribution >= 0.6 is 8.86 Å². The Morgan fingerprint density at radius 1 is 1.45 bits per heavy atom. The van der Waals surface area contributed by atoms with E-state index in [0.29, 0.717) is 23.5 Å². The van der Waals surface area contributed by atoms with Gasteiger partial charge in [0.05, 0.1) is 17.8 Å². The van der Waals surface area contributed by atoms with Gasteiger partial charge in [0.15, 0.2) is 0 Å². The van der Waals surface area contributed by atoms with E-state index in [1.807, 2.05) is 0 Å². The average molecular weight is 317 g/mol. The van der Waals surface area contributed by atoms with Gasteiger partial charge in [0.25, 0.3) is 0 Å². The lowest BCUT2D eigenvalue weighted by Crippen LogP contribution is -2.26. The van der Waals surface area contributed by atoms with Crippen LogP contribution in [-0.4, -0.2) is 32.9 Å². The molecule has 1 aromatic carbocycles. The van der Waals surface area contributed by atoms with Crippen LogP contribution in [0.2, 0.25) is 0 Å². The number of anilines is 1. The van der Waals surface area contributed by atoms with Crippen LogP contribution in [0, 0.1) is 0 Å². The minimum absolute atomic E-state index is 0.154. The Balaban J connectivity index is 2.89. The number of hydrogen-bond donors (Lipinski definition) is 4. The number of benzene rings is 1. The molecule has 0 radical (unpaired) electrons. The normalized spacial score (nSPS) is 10.2. The highest BCUT2D eigenvalue weighted by atomic mass is 32.2. The second-order valence-corrected chi connectivity index (χ2v) is 5.07. The van der Waals surface area contributed by atoms with E-state index in [1.54, 1.807) is 18.2 Å². The summed E-state index contributed by atoms with van der Waals surface area (Å²) in [6.07, 6.45) is 0. The zero-order valence-corrected chi connectivity index (χ0v) is 12.7. The van der Waals surface area contributed by atoms with Gasteiger partial charge in [0.1, 0.15) is 12.4 Å². The number of thiol groups is 1. The number of amides is 1. The molecule has 0 aliphatic carbocycles. The Kier molecular flexibility index (Phi) is 6.44. The van der Waals surface area contributed by atoms with E-state index < -0.39 is 10.9 Å². The molecule has 0 aromatic heterocycles. The van der Waals surface area contributed by atoms with E-state index >= 15 is 0 Å². The molecular formula is C11H16N3O4PS. The molecule has 0 heterocycles. The number of carbonyl (C=O) groups excluding carboxylic acids is 1. The largest absolute Gasteiger partial charge is 0.491 e. The molecule has 1 aromatic rings. The van der Waals surface area contributed by atoms with Gasteiger partial charge < -0.3 is 10.1 Å². The summed E-state index contributed by atoms with van der Waals surface area (Å²) in [7, 11) is 0.361. The molecule has 0 aliphatic rings. The van der Waals surface area contributed by atoms with E-state index in [2.05, 4.69) is 18.9 Å². The second kappa shape index (κ2) is 7.84. The van der Waals surface area contributed by atoms with Crippen molar-refractivity contribution in [2.45, 2.75) is 6.92 Å². The standard InChI is InChI=1S/C11H16N3O4PS/c1-7(15)13-5-6-18-9-4-2-3-8(14-20(16)17)10(9)11(12)19/h2-4,19-20H,5-6,12H2,1H3,(H,13,15)(H,14,16,17). The SMILES string of the molecule is CC(=O)NCCOc1cccc(N[SH](=O)=O)c1C(N)=P. The first kappa shape index (κ1) is 16.4. The molecule has 1 rings (SSSR count). The molecular weight excluding hydrogens is 301 g/mol. The predicted octanol–water partition coefficient (Wildman–Crippen LogP) is -0.281. The first-order valence-electron chi connectivity index (χ1n) is 5.67. The Morgan fingerprint density at radius 2 is 2.15 bits per heavy atom. The van der Waals surface area contributed by atoms with Crippen molar-refractivity contribution in [1.82, 2.24) is 5.32 Å². The summed E-state index contributed by atoms with van der Waals surface area (Å²) >= 11 is 0. The van der Waals surface area contributed by atoms with E-state index in [4.69, 9.17) is 10.5 Å². The van der Waals surface area contributed by atoms with E-state index in [0.717, 1.165) is 0 Å². The van der Waals surface area contributed by atoms with Crippen molar-refractivity contribution < 1.29 is 17.9 Å². The van der Waals surface area contributed by atoms with Crippen molar-refractivity contribution >= 4 is 36.8 Å². The van der Waals surface area contributed by atoms with Gasteiger partial charge in [0.2, 0.25) is 16.8 Å². The molecule has 110 valence electrons. The molecule has 1 amide bonds. The van der Waals surface area contributed by atoms with E-state index in [-0.39, 0.29) is 17.9 Å². The number of ether oxygens (including phenoxy) is 1. The third-order valence-corrected chi connectivity index (χ3v) is 2.91. The molecule has 0 atom stereocenters. The summed E-state index contributed by atoms with van der Waals surface area (Å²) in [5.74, 6) is 0.253. The minimum Gasteiger partial charge on any atom is -0.491 e. The summed E-state index contributed by atoms with van der Waals surface area (Å²) < 4.78 is 29.3. The molecule has 0 aliphatic heterocycles. The van der Waals surface area contributed by atoms with Gasteiger partial charge in [-0.05, 0) is 12.1 Å². The van der Waals surface area contributed by atoms with Crippen LogP contribution in [0.25, 0.3) is 0 Å². The van der Waals surface area contributed by atoms with Crippen molar-refractivity contribution in [3.8, 4) is 5.75 Å². The Bertz CT molecular complexity index is 581. The maximum Gasteiger partial charge on any atom is 0.222 e. The van der Waals surface area contributed by atoms with E-state index in [1.165, 1.54) is 6.92 Å². The summed E-state index contributed by atoms with van der Waals surface area (Å²) in [6, 6.07) is 4.85. The van der Waals surface area contributed by atoms with Crippen molar-refractivity contribution in [2.75, 3.05) is 17.9 Å². The van der Waals surface area contributed by atoms with Gasteiger partial charge in [-0.25, -0.2) is 8.42 Å². The van der Waals surface area contributed by atoms with Crippen molar-refractivity contribution in [3.63, 3.8) is 0 Å². The quantitative estimate of drug-likeness (QED) is 0.314. The van der Waals surface area contributed by atoms with Crippen LogP contribution in [0.3, 0.4) is 0 Å². The fourth-order valence-electron chi connectivity index (χ4n) is 1.51. The van der Waals surface area contributed by atoms with Crippen LogP contribution in [0.15, 0.2) is 18.2 Å². The highest BCUT2D eigenvalue weighted by molar-refractivity contribution is 7.73. The smallest absolute Gasteiger partial charge is 0.222 e. The van der Waals surface area contributed by atoms with Crippen LogP contribution < -0.4 is 20.5 Å². The van der Waals surface area contributed by atoms with E-state index in [9.17, 15) is 13.2 Å². The topological polar surface area (TPSA) is 111 Å². The molecule has 0 unspecified atom stereocenters. The van der Waals surface area contributed by atoms with Gasteiger partial charge in [0, 0.05) is 12.3 Å². The van der Waals surface area contributed by atoms with Crippen molar-refractivity contribution in [3.05, 3.63) is 23.8 Å². The molecule has 20 heavy (non-hydrogen) atoms. The highest BCUT2D eigenvalue weighted by Crippen LogP contribution is 2.26. The number of hydrogen-bond acceptors (Lipinski definition) is 4. The maximum absolute atomic E-state index is 10.8. The molecule has 0 bridgehead atoms. The van der Waals surface area contributed by atoms with Crippen LogP contribution in [0.4, 0.5) is 5.69 Å². The lowest BCUT2D eigenvalue weighted by atomic mass is 10.1. The predicted molar refractivity (Wildman–Crippen MR) is 81.2 cm³/mol. The van der Waals surface area contributed by atoms with Gasteiger partial charge in [-0.3, -0.25) is 15.3 Å². The summed E-state index contributed by atoms with van der Waals surface area (Å²) in [6.45, 7) is 1.98. The monoisotopic (exact) mass is 317 g/mol. The number of carbonyl (C=O) groups is 1. The minimum atomic E-state index is -2.81.